The van der Waals surface area contributed by atoms with Gasteiger partial charge in [0, 0.05) is 13.5 Å². The van der Waals surface area contributed by atoms with Crippen LogP contribution in [0.25, 0.3) is 0 Å². The Morgan fingerprint density at radius 1 is 1.33 bits per heavy atom. The molecular formula is C12H18O3. The summed E-state index contributed by atoms with van der Waals surface area (Å²) < 4.78 is 10.3. The number of ether oxygens (including phenoxy) is 2. The van der Waals surface area contributed by atoms with Gasteiger partial charge >= 0.3 is 0 Å². The Morgan fingerprint density at radius 2 is 2.07 bits per heavy atom. The van der Waals surface area contributed by atoms with Crippen LogP contribution in [-0.4, -0.2) is 25.4 Å². The summed E-state index contributed by atoms with van der Waals surface area (Å²) in [6, 6.07) is 5.88. The topological polar surface area (TPSA) is 38.7 Å². The average Bonchev–Trinajstić information content (AvgIpc) is 2.18. The number of hydrogen-bond donors (Lipinski definition) is 1. The molecule has 15 heavy (non-hydrogen) atoms. The smallest absolute Gasteiger partial charge is 0.122 e. The minimum Gasteiger partial charge on any atom is -0.496 e. The van der Waals surface area contributed by atoms with Crippen LogP contribution in [0.2, 0.25) is 0 Å². The van der Waals surface area contributed by atoms with Gasteiger partial charge in [-0.2, -0.15) is 0 Å². The average molecular weight is 210 g/mol. The predicted octanol–water partition coefficient (Wildman–Crippen LogP) is 1.76. The molecule has 1 rings (SSSR count). The first-order valence-electron chi connectivity index (χ1n) is 5.00. The van der Waals surface area contributed by atoms with E-state index in [2.05, 4.69) is 0 Å². The Hall–Kier alpha value is -1.06. The fourth-order valence-electron chi connectivity index (χ4n) is 1.57. The molecule has 3 nitrogen and oxygen atoms in total. The Kier molecular flexibility index (Phi) is 4.59. The summed E-state index contributed by atoms with van der Waals surface area (Å²) in [5.41, 5.74) is 2.11. The van der Waals surface area contributed by atoms with Crippen molar-refractivity contribution in [3.8, 4) is 5.75 Å². The van der Waals surface area contributed by atoms with Crippen molar-refractivity contribution in [3.05, 3.63) is 29.3 Å². The lowest BCUT2D eigenvalue weighted by Crippen LogP contribution is -2.06. The van der Waals surface area contributed by atoms with E-state index in [-0.39, 0.29) is 6.10 Å². The molecule has 1 aromatic rings. The second kappa shape index (κ2) is 5.73. The number of benzene rings is 1. The summed E-state index contributed by atoms with van der Waals surface area (Å²) in [4.78, 5) is 0. The standard InChI is InChI=1S/C12H18O3/c1-9(13)6-11-7-10(8-14-2)4-5-12(11)15-3/h4-5,7,9,13H,6,8H2,1-3H3. The molecule has 0 radical (unpaired) electrons. The zero-order valence-electron chi connectivity index (χ0n) is 9.49. The van der Waals surface area contributed by atoms with Crippen molar-refractivity contribution in [2.45, 2.75) is 26.1 Å². The highest BCUT2D eigenvalue weighted by Gasteiger charge is 2.07. The number of rotatable bonds is 5. The van der Waals surface area contributed by atoms with Gasteiger partial charge in [-0.1, -0.05) is 6.07 Å². The highest BCUT2D eigenvalue weighted by molar-refractivity contribution is 5.37. The molecule has 0 aromatic heterocycles. The molecule has 0 amide bonds. The molecule has 0 heterocycles. The molecule has 0 spiro atoms. The SMILES string of the molecule is COCc1ccc(OC)c(CC(C)O)c1. The molecule has 84 valence electrons. The third kappa shape index (κ3) is 3.53. The van der Waals surface area contributed by atoms with E-state index >= 15 is 0 Å². The van der Waals surface area contributed by atoms with Gasteiger partial charge in [0.15, 0.2) is 0 Å². The van der Waals surface area contributed by atoms with E-state index in [1.54, 1.807) is 21.1 Å². The van der Waals surface area contributed by atoms with Crippen LogP contribution in [0.5, 0.6) is 5.75 Å². The van der Waals surface area contributed by atoms with Gasteiger partial charge in [-0.15, -0.1) is 0 Å². The van der Waals surface area contributed by atoms with Crippen LogP contribution in [0, 0.1) is 0 Å². The zero-order chi connectivity index (χ0) is 11.3. The van der Waals surface area contributed by atoms with Crippen LogP contribution in [-0.2, 0) is 17.8 Å². The van der Waals surface area contributed by atoms with Crippen molar-refractivity contribution in [1.29, 1.82) is 0 Å². The third-order valence-electron chi connectivity index (χ3n) is 2.17. The molecular weight excluding hydrogens is 192 g/mol. The molecule has 1 unspecified atom stereocenters. The second-order valence-corrected chi connectivity index (χ2v) is 3.63. The molecule has 0 aliphatic carbocycles. The van der Waals surface area contributed by atoms with Gasteiger partial charge in [0.05, 0.1) is 19.8 Å². The van der Waals surface area contributed by atoms with Crippen molar-refractivity contribution in [2.24, 2.45) is 0 Å². The van der Waals surface area contributed by atoms with Gasteiger partial charge in [0.2, 0.25) is 0 Å². The van der Waals surface area contributed by atoms with E-state index in [9.17, 15) is 5.11 Å². The number of aliphatic hydroxyl groups excluding tert-OH is 1. The van der Waals surface area contributed by atoms with Crippen LogP contribution < -0.4 is 4.74 Å². The number of aliphatic hydroxyl groups is 1. The van der Waals surface area contributed by atoms with Gasteiger partial charge in [-0.25, -0.2) is 0 Å². The van der Waals surface area contributed by atoms with E-state index in [1.165, 1.54) is 0 Å². The molecule has 1 aromatic carbocycles. The molecule has 0 saturated heterocycles. The predicted molar refractivity (Wildman–Crippen MR) is 59.1 cm³/mol. The molecule has 0 bridgehead atoms. The Morgan fingerprint density at radius 3 is 2.60 bits per heavy atom. The van der Waals surface area contributed by atoms with Gasteiger partial charge < -0.3 is 14.6 Å². The van der Waals surface area contributed by atoms with Crippen LogP contribution in [0.4, 0.5) is 0 Å². The fourth-order valence-corrected chi connectivity index (χ4v) is 1.57. The summed E-state index contributed by atoms with van der Waals surface area (Å²) in [6.45, 7) is 2.35. The highest BCUT2D eigenvalue weighted by atomic mass is 16.5. The van der Waals surface area contributed by atoms with E-state index in [0.717, 1.165) is 16.9 Å². The minimum absolute atomic E-state index is 0.364. The van der Waals surface area contributed by atoms with Crippen LogP contribution >= 0.6 is 0 Å². The van der Waals surface area contributed by atoms with Crippen LogP contribution in [0.1, 0.15) is 18.1 Å². The van der Waals surface area contributed by atoms with Crippen molar-refractivity contribution >= 4 is 0 Å². The van der Waals surface area contributed by atoms with Crippen molar-refractivity contribution in [2.75, 3.05) is 14.2 Å². The molecule has 0 fully saturated rings. The first-order valence-corrected chi connectivity index (χ1v) is 5.00. The molecule has 1 N–H and O–H groups in total. The monoisotopic (exact) mass is 210 g/mol. The quantitative estimate of drug-likeness (QED) is 0.805. The molecule has 0 aliphatic rings. The highest BCUT2D eigenvalue weighted by Crippen LogP contribution is 2.21. The lowest BCUT2D eigenvalue weighted by atomic mass is 10.0. The lowest BCUT2D eigenvalue weighted by Gasteiger charge is -2.11. The second-order valence-electron chi connectivity index (χ2n) is 3.63. The largest absolute Gasteiger partial charge is 0.496 e. The van der Waals surface area contributed by atoms with Gasteiger partial charge in [-0.05, 0) is 30.2 Å². The molecule has 0 saturated carbocycles. The summed E-state index contributed by atoms with van der Waals surface area (Å²) in [5.74, 6) is 0.816. The first-order chi connectivity index (χ1) is 7.17. The maximum atomic E-state index is 9.36. The lowest BCUT2D eigenvalue weighted by molar-refractivity contribution is 0.183. The summed E-state index contributed by atoms with van der Waals surface area (Å²) >= 11 is 0. The molecule has 1 atom stereocenters. The zero-order valence-corrected chi connectivity index (χ0v) is 9.49. The maximum absolute atomic E-state index is 9.36. The maximum Gasteiger partial charge on any atom is 0.122 e. The molecule has 0 aliphatic heterocycles. The van der Waals surface area contributed by atoms with E-state index in [4.69, 9.17) is 9.47 Å². The summed E-state index contributed by atoms with van der Waals surface area (Å²) in [5, 5.41) is 9.36. The third-order valence-corrected chi connectivity index (χ3v) is 2.17. The summed E-state index contributed by atoms with van der Waals surface area (Å²) in [6.07, 6.45) is 0.234. The van der Waals surface area contributed by atoms with Crippen molar-refractivity contribution < 1.29 is 14.6 Å². The van der Waals surface area contributed by atoms with Crippen molar-refractivity contribution in [1.82, 2.24) is 0 Å². The minimum atomic E-state index is -0.364. The summed E-state index contributed by atoms with van der Waals surface area (Å²) in [7, 11) is 3.30. The molecule has 3 heteroatoms. The van der Waals surface area contributed by atoms with Crippen molar-refractivity contribution in [3.63, 3.8) is 0 Å². The van der Waals surface area contributed by atoms with Gasteiger partial charge in [-0.3, -0.25) is 0 Å². The Bertz CT molecular complexity index is 308. The van der Waals surface area contributed by atoms with Gasteiger partial charge in [0.25, 0.3) is 0 Å². The van der Waals surface area contributed by atoms with Crippen LogP contribution in [0.15, 0.2) is 18.2 Å². The normalized spacial score (nSPS) is 12.5. The van der Waals surface area contributed by atoms with E-state index in [1.807, 2.05) is 18.2 Å². The van der Waals surface area contributed by atoms with E-state index < -0.39 is 0 Å². The van der Waals surface area contributed by atoms with Crippen LogP contribution in [0.3, 0.4) is 0 Å². The number of methoxy groups -OCH3 is 2. The van der Waals surface area contributed by atoms with E-state index in [0.29, 0.717) is 13.0 Å². The first kappa shape index (κ1) is 12.0. The van der Waals surface area contributed by atoms with Gasteiger partial charge in [0.1, 0.15) is 5.75 Å². The Labute approximate surface area is 90.6 Å². The number of hydrogen-bond acceptors (Lipinski definition) is 3. The fraction of sp³-hybridized carbons (Fsp3) is 0.500. The Balaban J connectivity index is 2.91.